The van der Waals surface area contributed by atoms with Gasteiger partial charge in [0.15, 0.2) is 5.78 Å². The molecule has 0 aromatic heterocycles. The second-order valence-electron chi connectivity index (χ2n) is 6.57. The predicted molar refractivity (Wildman–Crippen MR) is 101 cm³/mol. The van der Waals surface area contributed by atoms with E-state index in [1.54, 1.807) is 12.1 Å². The van der Waals surface area contributed by atoms with Crippen molar-refractivity contribution in [2.24, 2.45) is 0 Å². The summed E-state index contributed by atoms with van der Waals surface area (Å²) < 4.78 is 5.56. The van der Waals surface area contributed by atoms with Crippen LogP contribution in [0.4, 0.5) is 5.69 Å². The molecule has 0 radical (unpaired) electrons. The molecule has 4 heteroatoms. The lowest BCUT2D eigenvalue weighted by molar-refractivity contribution is 0.0960. The Hall–Kier alpha value is -2.33. The molecule has 0 unspecified atom stereocenters. The van der Waals surface area contributed by atoms with Crippen molar-refractivity contribution in [3.05, 3.63) is 59.2 Å². The molecule has 1 heterocycles. The fourth-order valence-electron chi connectivity index (χ4n) is 3.21. The first-order valence-corrected chi connectivity index (χ1v) is 9.02. The first kappa shape index (κ1) is 17.5. The van der Waals surface area contributed by atoms with E-state index in [4.69, 9.17) is 10.5 Å². The molecule has 132 valence electrons. The van der Waals surface area contributed by atoms with Crippen molar-refractivity contribution in [2.45, 2.75) is 32.7 Å². The summed E-state index contributed by atoms with van der Waals surface area (Å²) in [7, 11) is 0. The molecule has 0 bridgehead atoms. The van der Waals surface area contributed by atoms with Crippen LogP contribution in [0.15, 0.2) is 42.5 Å². The average Bonchev–Trinajstić information content (AvgIpc) is 2.65. The Bertz CT molecular complexity index is 742. The van der Waals surface area contributed by atoms with Crippen molar-refractivity contribution >= 4 is 11.5 Å². The number of rotatable bonds is 7. The molecule has 0 atom stereocenters. The molecule has 0 amide bonds. The van der Waals surface area contributed by atoms with Gasteiger partial charge in [-0.3, -0.25) is 9.69 Å². The van der Waals surface area contributed by atoms with E-state index < -0.39 is 0 Å². The number of nitrogen functional groups attached to an aromatic ring is 1. The summed E-state index contributed by atoms with van der Waals surface area (Å²) >= 11 is 0. The summed E-state index contributed by atoms with van der Waals surface area (Å²) in [5, 5.41) is 0. The molecule has 25 heavy (non-hydrogen) atoms. The monoisotopic (exact) mass is 338 g/mol. The fourth-order valence-corrected chi connectivity index (χ4v) is 3.21. The molecule has 0 aliphatic carbocycles. The molecule has 0 saturated carbocycles. The Kier molecular flexibility index (Phi) is 5.71. The van der Waals surface area contributed by atoms with E-state index in [1.807, 2.05) is 13.0 Å². The van der Waals surface area contributed by atoms with E-state index >= 15 is 0 Å². The zero-order valence-corrected chi connectivity index (χ0v) is 14.8. The van der Waals surface area contributed by atoms with Crippen molar-refractivity contribution < 1.29 is 9.53 Å². The quantitative estimate of drug-likeness (QED) is 0.618. The minimum Gasteiger partial charge on any atom is -0.491 e. The fraction of sp³-hybridized carbons (Fsp3) is 0.381. The van der Waals surface area contributed by atoms with Gasteiger partial charge in [0, 0.05) is 31.6 Å². The zero-order chi connectivity index (χ0) is 17.6. The summed E-state index contributed by atoms with van der Waals surface area (Å²) in [5.74, 6) is 0.790. The van der Waals surface area contributed by atoms with Crippen LogP contribution in [0, 0.1) is 0 Å². The van der Waals surface area contributed by atoms with E-state index in [9.17, 15) is 4.79 Å². The first-order valence-electron chi connectivity index (χ1n) is 9.02. The summed E-state index contributed by atoms with van der Waals surface area (Å²) in [4.78, 5) is 14.8. The maximum Gasteiger partial charge on any atom is 0.164 e. The number of nitrogens with two attached hydrogens (primary N) is 1. The van der Waals surface area contributed by atoms with Crippen LogP contribution in [0.1, 0.15) is 41.3 Å². The van der Waals surface area contributed by atoms with Crippen LogP contribution in [0.3, 0.4) is 0 Å². The van der Waals surface area contributed by atoms with Crippen LogP contribution in [-0.2, 0) is 13.0 Å². The largest absolute Gasteiger partial charge is 0.491 e. The average molecular weight is 338 g/mol. The highest BCUT2D eigenvalue weighted by Crippen LogP contribution is 2.24. The summed E-state index contributed by atoms with van der Waals surface area (Å²) in [6.07, 6.45) is 2.50. The highest BCUT2D eigenvalue weighted by atomic mass is 16.5. The molecule has 1 aliphatic rings. The molecule has 4 nitrogen and oxygen atoms in total. The molecule has 2 N–H and O–H groups in total. The van der Waals surface area contributed by atoms with E-state index in [1.165, 1.54) is 11.1 Å². The molecule has 2 aromatic rings. The second kappa shape index (κ2) is 8.17. The van der Waals surface area contributed by atoms with E-state index in [0.717, 1.165) is 32.5 Å². The van der Waals surface area contributed by atoms with Gasteiger partial charge in [-0.2, -0.15) is 0 Å². The Morgan fingerprint density at radius 1 is 1.20 bits per heavy atom. The molecular weight excluding hydrogens is 312 g/mol. The predicted octanol–water partition coefficient (Wildman–Crippen LogP) is 3.69. The third-order valence-electron chi connectivity index (χ3n) is 4.66. The Morgan fingerprint density at radius 3 is 2.76 bits per heavy atom. The SMILES string of the molecule is CCCOc1ccc(C(=O)CCN2CCc3ccccc3C2)cc1N. The number of ether oxygens (including phenoxy) is 1. The third kappa shape index (κ3) is 4.40. The van der Waals surface area contributed by atoms with Gasteiger partial charge in [0.1, 0.15) is 5.75 Å². The van der Waals surface area contributed by atoms with Crippen molar-refractivity contribution in [3.63, 3.8) is 0 Å². The number of carbonyl (C=O) groups is 1. The number of nitrogens with zero attached hydrogens (tertiary/aromatic N) is 1. The van der Waals surface area contributed by atoms with Crippen LogP contribution in [0.5, 0.6) is 5.75 Å². The number of hydrogen-bond donors (Lipinski definition) is 1. The number of ketones is 1. The van der Waals surface area contributed by atoms with Gasteiger partial charge in [0.05, 0.1) is 12.3 Å². The maximum absolute atomic E-state index is 12.5. The highest BCUT2D eigenvalue weighted by molar-refractivity contribution is 5.97. The lowest BCUT2D eigenvalue weighted by atomic mass is 9.99. The van der Waals surface area contributed by atoms with Crippen LogP contribution < -0.4 is 10.5 Å². The van der Waals surface area contributed by atoms with Crippen molar-refractivity contribution in [3.8, 4) is 5.75 Å². The smallest absolute Gasteiger partial charge is 0.164 e. The molecule has 0 spiro atoms. The lowest BCUT2D eigenvalue weighted by Crippen LogP contribution is -2.32. The lowest BCUT2D eigenvalue weighted by Gasteiger charge is -2.28. The molecular formula is C21H26N2O2. The number of hydrogen-bond acceptors (Lipinski definition) is 4. The molecule has 1 aliphatic heterocycles. The normalized spacial score (nSPS) is 14.1. The van der Waals surface area contributed by atoms with E-state index in [2.05, 4.69) is 29.2 Å². The van der Waals surface area contributed by atoms with Gasteiger partial charge in [0.2, 0.25) is 0 Å². The summed E-state index contributed by atoms with van der Waals surface area (Å²) in [5.41, 5.74) is 10.0. The second-order valence-corrected chi connectivity index (χ2v) is 6.57. The molecule has 3 rings (SSSR count). The molecule has 0 fully saturated rings. The van der Waals surface area contributed by atoms with Crippen LogP contribution >= 0.6 is 0 Å². The van der Waals surface area contributed by atoms with Gasteiger partial charge < -0.3 is 10.5 Å². The number of anilines is 1. The van der Waals surface area contributed by atoms with E-state index in [0.29, 0.717) is 30.0 Å². The van der Waals surface area contributed by atoms with Crippen LogP contribution in [0.25, 0.3) is 0 Å². The Balaban J connectivity index is 1.55. The van der Waals surface area contributed by atoms with Gasteiger partial charge in [0.25, 0.3) is 0 Å². The standard InChI is InChI=1S/C21H26N2O2/c1-2-13-25-21-8-7-17(14-19(21)22)20(24)10-12-23-11-9-16-5-3-4-6-18(16)15-23/h3-8,14H,2,9-13,15,22H2,1H3. The summed E-state index contributed by atoms with van der Waals surface area (Å²) in [6, 6.07) is 13.9. The Labute approximate surface area is 149 Å². The third-order valence-corrected chi connectivity index (χ3v) is 4.66. The van der Waals surface area contributed by atoms with Crippen LogP contribution in [-0.4, -0.2) is 30.4 Å². The number of benzene rings is 2. The van der Waals surface area contributed by atoms with Gasteiger partial charge in [-0.1, -0.05) is 31.2 Å². The van der Waals surface area contributed by atoms with Gasteiger partial charge in [-0.25, -0.2) is 0 Å². The van der Waals surface area contributed by atoms with Crippen molar-refractivity contribution in [1.82, 2.24) is 4.90 Å². The van der Waals surface area contributed by atoms with Gasteiger partial charge >= 0.3 is 0 Å². The first-order chi connectivity index (χ1) is 12.2. The molecule has 2 aromatic carbocycles. The minimum absolute atomic E-state index is 0.132. The topological polar surface area (TPSA) is 55.6 Å². The number of carbonyl (C=O) groups excluding carboxylic acids is 1. The van der Waals surface area contributed by atoms with Crippen molar-refractivity contribution in [2.75, 3.05) is 25.4 Å². The number of fused-ring (bicyclic) bond motifs is 1. The number of Topliss-reactive ketones (excluding diaryl/α,β-unsaturated/α-hetero) is 1. The summed E-state index contributed by atoms with van der Waals surface area (Å²) in [6.45, 7) is 5.40. The van der Waals surface area contributed by atoms with Crippen molar-refractivity contribution in [1.29, 1.82) is 0 Å². The zero-order valence-electron chi connectivity index (χ0n) is 14.8. The van der Waals surface area contributed by atoms with Gasteiger partial charge in [-0.05, 0) is 42.2 Å². The Morgan fingerprint density at radius 2 is 2.00 bits per heavy atom. The molecule has 0 saturated heterocycles. The maximum atomic E-state index is 12.5. The van der Waals surface area contributed by atoms with Crippen LogP contribution in [0.2, 0.25) is 0 Å². The minimum atomic E-state index is 0.132. The van der Waals surface area contributed by atoms with E-state index in [-0.39, 0.29) is 5.78 Å². The van der Waals surface area contributed by atoms with Gasteiger partial charge in [-0.15, -0.1) is 0 Å². The highest BCUT2D eigenvalue weighted by Gasteiger charge is 2.17.